The van der Waals surface area contributed by atoms with E-state index in [9.17, 15) is 18.8 Å². The third-order valence-electron chi connectivity index (χ3n) is 6.76. The van der Waals surface area contributed by atoms with Crippen LogP contribution in [0.15, 0.2) is 54.6 Å². The first-order valence-corrected chi connectivity index (χ1v) is 12.0. The van der Waals surface area contributed by atoms with Crippen LogP contribution in [0.4, 0.5) is 9.18 Å². The molecule has 2 aromatic rings. The fourth-order valence-corrected chi connectivity index (χ4v) is 4.94. The van der Waals surface area contributed by atoms with Crippen molar-refractivity contribution < 1.29 is 18.8 Å². The lowest BCUT2D eigenvalue weighted by molar-refractivity contribution is -0.189. The number of halogens is 1. The van der Waals surface area contributed by atoms with Crippen LogP contribution in [-0.2, 0) is 16.1 Å². The van der Waals surface area contributed by atoms with Crippen molar-refractivity contribution in [1.82, 2.24) is 25.1 Å². The first-order chi connectivity index (χ1) is 16.8. The molecule has 8 nitrogen and oxygen atoms in total. The second-order valence-electron chi connectivity index (χ2n) is 9.11. The van der Waals surface area contributed by atoms with Crippen LogP contribution in [0, 0.1) is 5.82 Å². The molecule has 0 aromatic heterocycles. The van der Waals surface area contributed by atoms with Crippen LogP contribution in [0.25, 0.3) is 0 Å². The molecule has 0 spiro atoms. The monoisotopic (exact) mass is 481 g/mol. The maximum atomic E-state index is 13.6. The van der Waals surface area contributed by atoms with E-state index < -0.39 is 12.2 Å². The molecule has 2 aliphatic rings. The number of carbonyl (C=O) groups excluding carboxylic acids is 3. The topological polar surface area (TPSA) is 76.2 Å². The van der Waals surface area contributed by atoms with Gasteiger partial charge in [0.25, 0.3) is 0 Å². The minimum absolute atomic E-state index is 0.00218. The van der Waals surface area contributed by atoms with Crippen LogP contribution >= 0.6 is 0 Å². The van der Waals surface area contributed by atoms with Crippen molar-refractivity contribution in [2.75, 3.05) is 20.1 Å². The summed E-state index contributed by atoms with van der Waals surface area (Å²) in [4.78, 5) is 43.4. The summed E-state index contributed by atoms with van der Waals surface area (Å²) in [6, 6.07) is 14.5. The molecule has 0 unspecified atom stereocenters. The van der Waals surface area contributed by atoms with Crippen molar-refractivity contribution in [3.63, 3.8) is 0 Å². The molecular weight excluding hydrogens is 449 g/mol. The highest BCUT2D eigenvalue weighted by Crippen LogP contribution is 2.32. The summed E-state index contributed by atoms with van der Waals surface area (Å²) in [5.41, 5.74) is 1.75. The molecule has 186 valence electrons. The van der Waals surface area contributed by atoms with Gasteiger partial charge in [-0.3, -0.25) is 9.59 Å². The summed E-state index contributed by atoms with van der Waals surface area (Å²) in [6.07, 6.45) is 0.621. The second kappa shape index (κ2) is 10.4. The average molecular weight is 482 g/mol. The number of hydrazine groups is 1. The van der Waals surface area contributed by atoms with Gasteiger partial charge in [-0.2, -0.15) is 0 Å². The van der Waals surface area contributed by atoms with E-state index in [1.165, 1.54) is 17.1 Å². The zero-order valence-corrected chi connectivity index (χ0v) is 20.4. The summed E-state index contributed by atoms with van der Waals surface area (Å²) in [6.45, 7) is 4.37. The van der Waals surface area contributed by atoms with Gasteiger partial charge < -0.3 is 15.1 Å². The molecule has 35 heavy (non-hydrogen) atoms. The Morgan fingerprint density at radius 1 is 1.11 bits per heavy atom. The van der Waals surface area contributed by atoms with E-state index in [1.807, 2.05) is 44.2 Å². The van der Waals surface area contributed by atoms with Gasteiger partial charge in [0.05, 0.1) is 19.1 Å². The number of nitrogens with one attached hydrogen (secondary N) is 1. The van der Waals surface area contributed by atoms with Crippen molar-refractivity contribution in [3.05, 3.63) is 71.5 Å². The summed E-state index contributed by atoms with van der Waals surface area (Å²) < 4.78 is 13.2. The molecule has 3 atom stereocenters. The number of piperazine rings is 1. The van der Waals surface area contributed by atoms with Crippen LogP contribution in [0.5, 0.6) is 0 Å². The molecular formula is C26H32FN5O3. The molecule has 4 amide bonds. The van der Waals surface area contributed by atoms with Crippen LogP contribution in [0.1, 0.15) is 43.9 Å². The van der Waals surface area contributed by atoms with E-state index in [2.05, 4.69) is 5.32 Å². The molecule has 0 aliphatic carbocycles. The Morgan fingerprint density at radius 3 is 2.46 bits per heavy atom. The van der Waals surface area contributed by atoms with E-state index in [-0.39, 0.29) is 49.3 Å². The fraction of sp³-hybridized carbons (Fsp3) is 0.423. The Labute approximate surface area is 205 Å². The van der Waals surface area contributed by atoms with Gasteiger partial charge in [0.1, 0.15) is 18.0 Å². The zero-order chi connectivity index (χ0) is 25.1. The Balaban J connectivity index is 1.61. The van der Waals surface area contributed by atoms with Crippen molar-refractivity contribution in [3.8, 4) is 0 Å². The van der Waals surface area contributed by atoms with E-state index >= 15 is 0 Å². The number of carbonyl (C=O) groups is 3. The van der Waals surface area contributed by atoms with Crippen LogP contribution < -0.4 is 5.32 Å². The van der Waals surface area contributed by atoms with Gasteiger partial charge in [-0.15, -0.1) is 0 Å². The maximum absolute atomic E-state index is 13.6. The minimum Gasteiger partial charge on any atom is -0.333 e. The minimum atomic E-state index is -0.630. The number of amides is 4. The normalized spacial score (nSPS) is 21.7. The predicted molar refractivity (Wildman–Crippen MR) is 129 cm³/mol. The van der Waals surface area contributed by atoms with Gasteiger partial charge >= 0.3 is 6.03 Å². The standard InChI is InChI=1S/C26H32FN5O3/c1-4-8-22-25(34)30(18(2)20-9-6-5-7-10-20)16-23-31(22)24(33)17-29(3)32(23)26(35)28-15-19-11-13-21(27)14-12-19/h5-7,9-14,18,22-23H,4,8,15-17H2,1-3H3,(H,28,35)/t18-,22+,23+/m1/s1. The first kappa shape index (κ1) is 24.7. The number of benzene rings is 2. The Kier molecular flexibility index (Phi) is 7.35. The van der Waals surface area contributed by atoms with Gasteiger partial charge in [0, 0.05) is 13.6 Å². The Morgan fingerprint density at radius 2 is 1.80 bits per heavy atom. The van der Waals surface area contributed by atoms with E-state index in [4.69, 9.17) is 0 Å². The van der Waals surface area contributed by atoms with E-state index in [1.54, 1.807) is 34.0 Å². The van der Waals surface area contributed by atoms with Crippen LogP contribution in [0.2, 0.25) is 0 Å². The molecule has 2 saturated heterocycles. The van der Waals surface area contributed by atoms with Gasteiger partial charge in [-0.05, 0) is 36.6 Å². The highest BCUT2D eigenvalue weighted by atomic mass is 19.1. The summed E-state index contributed by atoms with van der Waals surface area (Å²) in [5, 5.41) is 6.02. The average Bonchev–Trinajstić information content (AvgIpc) is 2.85. The molecule has 2 fully saturated rings. The molecule has 0 bridgehead atoms. The third kappa shape index (κ3) is 5.00. The van der Waals surface area contributed by atoms with Gasteiger partial charge in [-0.25, -0.2) is 19.2 Å². The molecule has 2 aromatic carbocycles. The molecule has 2 heterocycles. The summed E-state index contributed by atoms with van der Waals surface area (Å²) in [7, 11) is 1.70. The molecule has 4 rings (SSSR count). The van der Waals surface area contributed by atoms with Gasteiger partial charge in [-0.1, -0.05) is 55.8 Å². The van der Waals surface area contributed by atoms with Crippen LogP contribution in [0.3, 0.4) is 0 Å². The quantitative estimate of drug-likeness (QED) is 0.688. The third-order valence-corrected chi connectivity index (χ3v) is 6.76. The molecule has 1 N–H and O–H groups in total. The predicted octanol–water partition coefficient (Wildman–Crippen LogP) is 3.12. The van der Waals surface area contributed by atoms with Crippen molar-refractivity contribution in [2.24, 2.45) is 0 Å². The zero-order valence-electron chi connectivity index (χ0n) is 20.4. The summed E-state index contributed by atoms with van der Waals surface area (Å²) in [5.74, 6) is -0.602. The fourth-order valence-electron chi connectivity index (χ4n) is 4.94. The smallest absolute Gasteiger partial charge is 0.333 e. The number of nitrogens with zero attached hydrogens (tertiary/aromatic N) is 4. The molecule has 0 radical (unpaired) electrons. The Hall–Kier alpha value is -3.46. The molecule has 2 aliphatic heterocycles. The summed E-state index contributed by atoms with van der Waals surface area (Å²) >= 11 is 0. The highest BCUT2D eigenvalue weighted by Gasteiger charge is 2.51. The Bertz CT molecular complexity index is 1060. The molecule has 9 heteroatoms. The number of hydrogen-bond donors (Lipinski definition) is 1. The van der Waals surface area contributed by atoms with E-state index in [0.717, 1.165) is 17.5 Å². The van der Waals surface area contributed by atoms with Crippen LogP contribution in [-0.4, -0.2) is 70.0 Å². The van der Waals surface area contributed by atoms with Crippen molar-refractivity contribution in [2.45, 2.75) is 51.5 Å². The number of urea groups is 1. The number of rotatable bonds is 6. The number of fused-ring (bicyclic) bond motifs is 1. The van der Waals surface area contributed by atoms with Gasteiger partial charge in [0.2, 0.25) is 11.8 Å². The number of likely N-dealkylation sites (N-methyl/N-ethyl adjacent to an activating group) is 1. The van der Waals surface area contributed by atoms with Crippen molar-refractivity contribution in [1.29, 1.82) is 0 Å². The lowest BCUT2D eigenvalue weighted by Gasteiger charge is -2.55. The highest BCUT2D eigenvalue weighted by molar-refractivity contribution is 5.91. The molecule has 0 saturated carbocycles. The number of hydrogen-bond acceptors (Lipinski definition) is 4. The largest absolute Gasteiger partial charge is 0.334 e. The van der Waals surface area contributed by atoms with Crippen molar-refractivity contribution >= 4 is 17.8 Å². The van der Waals surface area contributed by atoms with E-state index in [0.29, 0.717) is 6.42 Å². The maximum Gasteiger partial charge on any atom is 0.334 e. The first-order valence-electron chi connectivity index (χ1n) is 12.0. The SMILES string of the molecule is CCC[C@H]1C(=O)N([C@H](C)c2ccccc2)C[C@H]2N1C(=O)CN(C)N2C(=O)NCc1ccc(F)cc1. The lowest BCUT2D eigenvalue weighted by Crippen LogP contribution is -2.76. The lowest BCUT2D eigenvalue weighted by atomic mass is 9.98. The second-order valence-corrected chi connectivity index (χ2v) is 9.11. The van der Waals surface area contributed by atoms with Gasteiger partial charge in [0.15, 0.2) is 0 Å².